The predicted molar refractivity (Wildman–Crippen MR) is 146 cm³/mol. The van der Waals surface area contributed by atoms with E-state index in [4.69, 9.17) is 4.99 Å². The Labute approximate surface area is 217 Å². The van der Waals surface area contributed by atoms with Crippen molar-refractivity contribution in [1.29, 1.82) is 0 Å². The van der Waals surface area contributed by atoms with E-state index in [1.165, 1.54) is 24.8 Å². The molecule has 3 aliphatic rings. The Kier molecular flexibility index (Phi) is 10.3. The van der Waals surface area contributed by atoms with Crippen molar-refractivity contribution in [2.45, 2.75) is 71.0 Å². The maximum atomic E-state index is 12.7. The number of nitrogens with zero attached hydrogens (tertiary/aromatic N) is 3. The lowest BCUT2D eigenvalue weighted by Gasteiger charge is -2.22. The van der Waals surface area contributed by atoms with Gasteiger partial charge in [0.25, 0.3) is 0 Å². The predicted octanol–water partition coefficient (Wildman–Crippen LogP) is 3.86. The van der Waals surface area contributed by atoms with Gasteiger partial charge in [0.2, 0.25) is 5.91 Å². The number of carbonyl (C=O) groups excluding carboxylic acids is 1. The maximum Gasteiger partial charge on any atom is 0.225 e. The van der Waals surface area contributed by atoms with E-state index in [1.54, 1.807) is 0 Å². The van der Waals surface area contributed by atoms with E-state index in [0.717, 1.165) is 64.5 Å². The zero-order valence-corrected chi connectivity index (χ0v) is 22.7. The van der Waals surface area contributed by atoms with Crippen molar-refractivity contribution < 1.29 is 4.79 Å². The van der Waals surface area contributed by atoms with E-state index in [9.17, 15) is 4.79 Å². The lowest BCUT2D eigenvalue weighted by Crippen LogP contribution is -2.45. The van der Waals surface area contributed by atoms with Crippen LogP contribution in [0.4, 0.5) is 0 Å². The molecule has 7 heteroatoms. The summed E-state index contributed by atoms with van der Waals surface area (Å²) >= 11 is 0. The average molecular weight is 568 g/mol. The summed E-state index contributed by atoms with van der Waals surface area (Å²) in [6.45, 7) is 9.96. The van der Waals surface area contributed by atoms with Gasteiger partial charge in [-0.1, -0.05) is 43.2 Å². The van der Waals surface area contributed by atoms with Crippen molar-refractivity contribution >= 4 is 35.8 Å². The molecule has 2 heterocycles. The standard InChI is InChI=1S/C26H41N5O.HI/c1-3-27-26(29-24-13-14-30(19-24)25(32)23-11-7-8-12-23)28-16-22-15-20(2)31(18-22)17-21-9-5-4-6-10-21;/h4-6,9-10,20,22-24H,3,7-8,11-19H2,1-2H3,(H2,27,28,29);1H. The summed E-state index contributed by atoms with van der Waals surface area (Å²) in [5.41, 5.74) is 1.39. The number of amides is 1. The number of likely N-dealkylation sites (tertiary alicyclic amines) is 2. The van der Waals surface area contributed by atoms with E-state index in [0.29, 0.717) is 23.9 Å². The topological polar surface area (TPSA) is 60.0 Å². The number of benzene rings is 1. The van der Waals surface area contributed by atoms with Gasteiger partial charge in [-0.2, -0.15) is 0 Å². The fraction of sp³-hybridized carbons (Fsp3) is 0.692. The van der Waals surface area contributed by atoms with Crippen LogP contribution in [0.1, 0.15) is 57.9 Å². The fourth-order valence-electron chi connectivity index (χ4n) is 5.63. The Balaban J connectivity index is 0.00000306. The molecule has 0 aromatic heterocycles. The first-order chi connectivity index (χ1) is 15.6. The van der Waals surface area contributed by atoms with Crippen LogP contribution in [-0.4, -0.2) is 66.5 Å². The molecule has 4 rings (SSSR count). The van der Waals surface area contributed by atoms with Gasteiger partial charge in [-0.25, -0.2) is 0 Å². The van der Waals surface area contributed by atoms with Gasteiger partial charge < -0.3 is 15.5 Å². The molecule has 0 spiro atoms. The number of carbonyl (C=O) groups is 1. The van der Waals surface area contributed by atoms with E-state index in [-0.39, 0.29) is 29.9 Å². The highest BCUT2D eigenvalue weighted by molar-refractivity contribution is 14.0. The third-order valence-corrected chi connectivity index (χ3v) is 7.42. The van der Waals surface area contributed by atoms with Crippen molar-refractivity contribution in [3.63, 3.8) is 0 Å². The first-order valence-corrected chi connectivity index (χ1v) is 12.7. The molecular formula is C26H42IN5O. The van der Waals surface area contributed by atoms with Gasteiger partial charge >= 0.3 is 0 Å². The summed E-state index contributed by atoms with van der Waals surface area (Å²) in [4.78, 5) is 22.4. The minimum absolute atomic E-state index is 0. The molecule has 1 aromatic carbocycles. The second-order valence-corrected chi connectivity index (χ2v) is 9.98. The van der Waals surface area contributed by atoms with Crippen molar-refractivity contribution in [2.24, 2.45) is 16.8 Å². The van der Waals surface area contributed by atoms with Gasteiger partial charge in [0.05, 0.1) is 0 Å². The number of aliphatic imine (C=N–C) groups is 1. The Morgan fingerprint density at radius 1 is 1.12 bits per heavy atom. The van der Waals surface area contributed by atoms with Crippen LogP contribution in [0.5, 0.6) is 0 Å². The minimum Gasteiger partial charge on any atom is -0.357 e. The van der Waals surface area contributed by atoms with Gasteiger partial charge in [0.15, 0.2) is 5.96 Å². The molecule has 184 valence electrons. The summed E-state index contributed by atoms with van der Waals surface area (Å²) in [5.74, 6) is 2.15. The van der Waals surface area contributed by atoms with Crippen LogP contribution < -0.4 is 10.6 Å². The third-order valence-electron chi connectivity index (χ3n) is 7.42. The molecule has 1 aliphatic carbocycles. The average Bonchev–Trinajstić information content (AvgIpc) is 3.55. The van der Waals surface area contributed by atoms with Crippen molar-refractivity contribution in [3.8, 4) is 0 Å². The van der Waals surface area contributed by atoms with Gasteiger partial charge in [-0.05, 0) is 51.0 Å². The third kappa shape index (κ3) is 7.31. The number of rotatable bonds is 7. The second-order valence-electron chi connectivity index (χ2n) is 9.98. The van der Waals surface area contributed by atoms with Crippen LogP contribution in [0.15, 0.2) is 35.3 Å². The molecule has 1 amide bonds. The van der Waals surface area contributed by atoms with E-state index in [2.05, 4.69) is 64.6 Å². The molecule has 1 aromatic rings. The lowest BCUT2D eigenvalue weighted by molar-refractivity contribution is -0.134. The number of nitrogens with one attached hydrogen (secondary N) is 2. The van der Waals surface area contributed by atoms with Gasteiger partial charge in [0, 0.05) is 57.3 Å². The Bertz CT molecular complexity index is 767. The largest absolute Gasteiger partial charge is 0.357 e. The molecule has 2 aliphatic heterocycles. The quantitative estimate of drug-likeness (QED) is 0.299. The smallest absolute Gasteiger partial charge is 0.225 e. The first-order valence-electron chi connectivity index (χ1n) is 12.7. The van der Waals surface area contributed by atoms with Crippen LogP contribution in [-0.2, 0) is 11.3 Å². The highest BCUT2D eigenvalue weighted by Crippen LogP contribution is 2.28. The summed E-state index contributed by atoms with van der Waals surface area (Å²) in [7, 11) is 0. The minimum atomic E-state index is 0. The number of hydrogen-bond donors (Lipinski definition) is 2. The molecule has 3 atom stereocenters. The maximum absolute atomic E-state index is 12.7. The highest BCUT2D eigenvalue weighted by atomic mass is 127. The summed E-state index contributed by atoms with van der Waals surface area (Å²) in [6.07, 6.45) is 6.80. The summed E-state index contributed by atoms with van der Waals surface area (Å²) in [6, 6.07) is 11.7. The van der Waals surface area contributed by atoms with Gasteiger partial charge in [-0.3, -0.25) is 14.7 Å². The SMILES string of the molecule is CCNC(=NCC1CC(C)N(Cc2ccccc2)C1)NC1CCN(C(=O)C2CCCC2)C1.I. The van der Waals surface area contributed by atoms with E-state index >= 15 is 0 Å². The van der Waals surface area contributed by atoms with Crippen molar-refractivity contribution in [3.05, 3.63) is 35.9 Å². The van der Waals surface area contributed by atoms with Crippen molar-refractivity contribution in [2.75, 3.05) is 32.7 Å². The zero-order chi connectivity index (χ0) is 22.3. The molecule has 1 saturated carbocycles. The second kappa shape index (κ2) is 12.9. The van der Waals surface area contributed by atoms with Gasteiger partial charge in [-0.15, -0.1) is 24.0 Å². The van der Waals surface area contributed by atoms with E-state index < -0.39 is 0 Å². The normalized spacial score (nSPS) is 26.4. The fourth-order valence-corrected chi connectivity index (χ4v) is 5.63. The van der Waals surface area contributed by atoms with E-state index in [1.807, 2.05) is 0 Å². The van der Waals surface area contributed by atoms with Crippen LogP contribution in [0.3, 0.4) is 0 Å². The van der Waals surface area contributed by atoms with Crippen LogP contribution in [0, 0.1) is 11.8 Å². The molecular weight excluding hydrogens is 525 g/mol. The molecule has 2 N–H and O–H groups in total. The van der Waals surface area contributed by atoms with Crippen LogP contribution >= 0.6 is 24.0 Å². The molecule has 2 saturated heterocycles. The van der Waals surface area contributed by atoms with Crippen LogP contribution in [0.25, 0.3) is 0 Å². The molecule has 3 fully saturated rings. The first kappa shape index (κ1) is 26.3. The number of guanidine groups is 1. The summed E-state index contributed by atoms with van der Waals surface area (Å²) < 4.78 is 0. The molecule has 0 bridgehead atoms. The Hall–Kier alpha value is -1.35. The molecule has 33 heavy (non-hydrogen) atoms. The van der Waals surface area contributed by atoms with Crippen molar-refractivity contribution in [1.82, 2.24) is 20.4 Å². The highest BCUT2D eigenvalue weighted by Gasteiger charge is 2.33. The molecule has 6 nitrogen and oxygen atoms in total. The molecule has 3 unspecified atom stereocenters. The Morgan fingerprint density at radius 3 is 2.61 bits per heavy atom. The molecule has 0 radical (unpaired) electrons. The monoisotopic (exact) mass is 567 g/mol. The zero-order valence-electron chi connectivity index (χ0n) is 20.3. The lowest BCUT2D eigenvalue weighted by atomic mass is 10.1. The number of halogens is 1. The Morgan fingerprint density at radius 2 is 1.88 bits per heavy atom. The van der Waals surface area contributed by atoms with Gasteiger partial charge in [0.1, 0.15) is 0 Å². The van der Waals surface area contributed by atoms with Crippen LogP contribution in [0.2, 0.25) is 0 Å². The summed E-state index contributed by atoms with van der Waals surface area (Å²) in [5, 5.41) is 7.03. The number of hydrogen-bond acceptors (Lipinski definition) is 3.